The minimum absolute atomic E-state index is 0.00982. The highest BCUT2D eigenvalue weighted by molar-refractivity contribution is 5.81. The highest BCUT2D eigenvalue weighted by Crippen LogP contribution is 2.26. The fraction of sp³-hybridized carbons (Fsp3) is 0.524. The number of carbonyl (C=O) groups excluding carboxylic acids is 1. The van der Waals surface area contributed by atoms with Crippen LogP contribution < -0.4 is 10.1 Å². The van der Waals surface area contributed by atoms with Gasteiger partial charge in [0.15, 0.2) is 6.10 Å². The summed E-state index contributed by atoms with van der Waals surface area (Å²) in [6, 6.07) is 7.93. The molecule has 0 spiro atoms. The van der Waals surface area contributed by atoms with Gasteiger partial charge >= 0.3 is 0 Å². The molecule has 2 heterocycles. The van der Waals surface area contributed by atoms with Crippen molar-refractivity contribution in [2.75, 3.05) is 19.6 Å². The summed E-state index contributed by atoms with van der Waals surface area (Å²) in [6.07, 6.45) is 3.12. The molecule has 1 N–H and O–H groups in total. The molecule has 1 amide bonds. The van der Waals surface area contributed by atoms with Crippen LogP contribution in [0.1, 0.15) is 45.1 Å². The number of ether oxygens (including phenoxy) is 1. The van der Waals surface area contributed by atoms with E-state index in [1.54, 1.807) is 6.20 Å². The molecule has 1 fully saturated rings. The Morgan fingerprint density at radius 2 is 2.00 bits per heavy atom. The van der Waals surface area contributed by atoms with E-state index in [9.17, 15) is 4.79 Å². The summed E-state index contributed by atoms with van der Waals surface area (Å²) in [5.41, 5.74) is 1.33. The number of imidazole rings is 1. The van der Waals surface area contributed by atoms with Gasteiger partial charge in [0, 0.05) is 39.1 Å². The summed E-state index contributed by atoms with van der Waals surface area (Å²) >= 11 is 0. The molecule has 6 nitrogen and oxygen atoms in total. The number of benzene rings is 1. The van der Waals surface area contributed by atoms with Crippen molar-refractivity contribution < 1.29 is 9.53 Å². The van der Waals surface area contributed by atoms with E-state index in [2.05, 4.69) is 43.2 Å². The molecular formula is C21H30N4O2. The number of hydrogen-bond donors (Lipinski definition) is 1. The fourth-order valence-electron chi connectivity index (χ4n) is 3.42. The SMILES string of the molecule is CC(Oc1ccc(C(C)(C)C)cc1)C(=O)N1CCNCC1c1nccn1C. The second-order valence-electron chi connectivity index (χ2n) is 8.18. The summed E-state index contributed by atoms with van der Waals surface area (Å²) in [4.78, 5) is 19.4. The van der Waals surface area contributed by atoms with Crippen molar-refractivity contribution in [2.45, 2.75) is 45.3 Å². The van der Waals surface area contributed by atoms with Gasteiger partial charge in [-0.05, 0) is 30.0 Å². The number of aromatic nitrogens is 2. The number of nitrogens with zero attached hydrogens (tertiary/aromatic N) is 3. The van der Waals surface area contributed by atoms with E-state index in [-0.39, 0.29) is 17.4 Å². The molecule has 0 saturated carbocycles. The van der Waals surface area contributed by atoms with Crippen molar-refractivity contribution in [2.24, 2.45) is 7.05 Å². The molecule has 1 aromatic carbocycles. The van der Waals surface area contributed by atoms with E-state index in [1.807, 2.05) is 41.8 Å². The number of nitrogens with one attached hydrogen (secondary N) is 1. The summed E-state index contributed by atoms with van der Waals surface area (Å²) < 4.78 is 7.92. The molecule has 0 aliphatic carbocycles. The van der Waals surface area contributed by atoms with Crippen LogP contribution in [0.25, 0.3) is 0 Å². The third-order valence-corrected chi connectivity index (χ3v) is 5.06. The van der Waals surface area contributed by atoms with Gasteiger partial charge in [-0.1, -0.05) is 32.9 Å². The number of piperazine rings is 1. The fourth-order valence-corrected chi connectivity index (χ4v) is 3.42. The van der Waals surface area contributed by atoms with Gasteiger partial charge in [0.05, 0.1) is 0 Å². The van der Waals surface area contributed by atoms with Crippen LogP contribution in [-0.4, -0.2) is 46.1 Å². The maximum absolute atomic E-state index is 13.1. The van der Waals surface area contributed by atoms with Crippen molar-refractivity contribution >= 4 is 5.91 Å². The summed E-state index contributed by atoms with van der Waals surface area (Å²) in [7, 11) is 1.95. The number of carbonyl (C=O) groups is 1. The number of amides is 1. The average molecular weight is 370 g/mol. The Kier molecular flexibility index (Phi) is 5.56. The molecular weight excluding hydrogens is 340 g/mol. The van der Waals surface area contributed by atoms with Gasteiger partial charge in [-0.3, -0.25) is 4.79 Å². The van der Waals surface area contributed by atoms with E-state index < -0.39 is 6.10 Å². The summed E-state index contributed by atoms with van der Waals surface area (Å²) in [5.74, 6) is 1.59. The minimum Gasteiger partial charge on any atom is -0.481 e. The lowest BCUT2D eigenvalue weighted by atomic mass is 9.87. The van der Waals surface area contributed by atoms with Gasteiger partial charge in [0.1, 0.15) is 17.6 Å². The largest absolute Gasteiger partial charge is 0.481 e. The van der Waals surface area contributed by atoms with Crippen LogP contribution >= 0.6 is 0 Å². The first-order valence-corrected chi connectivity index (χ1v) is 9.53. The van der Waals surface area contributed by atoms with Gasteiger partial charge in [0.2, 0.25) is 0 Å². The normalized spacial score (nSPS) is 19.0. The van der Waals surface area contributed by atoms with Crippen LogP contribution in [0.15, 0.2) is 36.7 Å². The third-order valence-electron chi connectivity index (χ3n) is 5.06. The molecule has 1 aliphatic heterocycles. The molecule has 2 aromatic rings. The van der Waals surface area contributed by atoms with Gasteiger partial charge in [-0.25, -0.2) is 4.98 Å². The molecule has 0 bridgehead atoms. The van der Waals surface area contributed by atoms with Gasteiger partial charge in [0.25, 0.3) is 5.91 Å². The first-order valence-electron chi connectivity index (χ1n) is 9.53. The standard InChI is InChI=1S/C21H30N4O2/c1-15(27-17-8-6-16(7-9-17)21(2,3)4)20(26)25-13-10-22-14-18(25)19-23-11-12-24(19)5/h6-9,11-12,15,18,22H,10,13-14H2,1-5H3. The molecule has 1 aliphatic rings. The Morgan fingerprint density at radius 3 is 2.59 bits per heavy atom. The lowest BCUT2D eigenvalue weighted by Crippen LogP contribution is -2.52. The van der Waals surface area contributed by atoms with E-state index in [4.69, 9.17) is 4.74 Å². The van der Waals surface area contributed by atoms with Crippen molar-refractivity contribution in [1.29, 1.82) is 0 Å². The first kappa shape index (κ1) is 19.4. The molecule has 1 aromatic heterocycles. The molecule has 3 rings (SSSR count). The quantitative estimate of drug-likeness (QED) is 0.899. The van der Waals surface area contributed by atoms with E-state index in [1.165, 1.54) is 5.56 Å². The molecule has 2 unspecified atom stereocenters. The van der Waals surface area contributed by atoms with E-state index in [0.29, 0.717) is 18.8 Å². The number of rotatable bonds is 4. The highest BCUT2D eigenvalue weighted by atomic mass is 16.5. The van der Waals surface area contributed by atoms with Crippen LogP contribution in [0.4, 0.5) is 0 Å². The Hall–Kier alpha value is -2.34. The van der Waals surface area contributed by atoms with Gasteiger partial charge in [-0.15, -0.1) is 0 Å². The predicted octanol–water partition coefficient (Wildman–Crippen LogP) is 2.66. The maximum atomic E-state index is 13.1. The predicted molar refractivity (Wildman–Crippen MR) is 106 cm³/mol. The summed E-state index contributed by atoms with van der Waals surface area (Å²) in [6.45, 7) is 10.5. The first-order chi connectivity index (χ1) is 12.8. The zero-order valence-corrected chi connectivity index (χ0v) is 16.9. The van der Waals surface area contributed by atoms with Crippen molar-refractivity contribution in [3.8, 4) is 5.75 Å². The summed E-state index contributed by atoms with van der Waals surface area (Å²) in [5, 5.41) is 3.36. The van der Waals surface area contributed by atoms with Crippen LogP contribution in [0.5, 0.6) is 5.75 Å². The molecule has 146 valence electrons. The van der Waals surface area contributed by atoms with Crippen molar-refractivity contribution in [3.05, 3.63) is 48.0 Å². The molecule has 0 radical (unpaired) electrons. The number of hydrogen-bond acceptors (Lipinski definition) is 4. The topological polar surface area (TPSA) is 59.4 Å². The van der Waals surface area contributed by atoms with E-state index >= 15 is 0 Å². The zero-order chi connectivity index (χ0) is 19.6. The maximum Gasteiger partial charge on any atom is 0.264 e. The van der Waals surface area contributed by atoms with Gasteiger partial charge in [-0.2, -0.15) is 0 Å². The van der Waals surface area contributed by atoms with E-state index in [0.717, 1.165) is 12.4 Å². The third kappa shape index (κ3) is 4.33. The molecule has 1 saturated heterocycles. The van der Waals surface area contributed by atoms with Crippen molar-refractivity contribution in [1.82, 2.24) is 19.8 Å². The van der Waals surface area contributed by atoms with Crippen LogP contribution in [-0.2, 0) is 17.3 Å². The molecule has 27 heavy (non-hydrogen) atoms. The molecule has 6 heteroatoms. The van der Waals surface area contributed by atoms with Crippen molar-refractivity contribution in [3.63, 3.8) is 0 Å². The second kappa shape index (κ2) is 7.72. The minimum atomic E-state index is -0.550. The Morgan fingerprint density at radius 1 is 1.30 bits per heavy atom. The number of aryl methyl sites for hydroxylation is 1. The second-order valence-corrected chi connectivity index (χ2v) is 8.18. The Balaban J connectivity index is 1.71. The monoisotopic (exact) mass is 370 g/mol. The Bertz CT molecular complexity index is 776. The lowest BCUT2D eigenvalue weighted by Gasteiger charge is -2.37. The smallest absolute Gasteiger partial charge is 0.264 e. The van der Waals surface area contributed by atoms with Crippen LogP contribution in [0.3, 0.4) is 0 Å². The van der Waals surface area contributed by atoms with Crippen LogP contribution in [0.2, 0.25) is 0 Å². The Labute approximate surface area is 161 Å². The average Bonchev–Trinajstić information content (AvgIpc) is 3.06. The lowest BCUT2D eigenvalue weighted by molar-refractivity contribution is -0.141. The molecule has 2 atom stereocenters. The highest BCUT2D eigenvalue weighted by Gasteiger charge is 2.33. The van der Waals surface area contributed by atoms with Crippen LogP contribution in [0, 0.1) is 0 Å². The van der Waals surface area contributed by atoms with Gasteiger partial charge < -0.3 is 19.5 Å². The zero-order valence-electron chi connectivity index (χ0n) is 16.9.